The first-order valence-electron chi connectivity index (χ1n) is 8.45. The number of aromatic nitrogens is 2. The molecule has 0 unspecified atom stereocenters. The molecule has 0 radical (unpaired) electrons. The van der Waals surface area contributed by atoms with E-state index in [0.29, 0.717) is 17.1 Å². The number of ether oxygens (including phenoxy) is 2. The fourth-order valence-electron chi connectivity index (χ4n) is 2.44. The number of nitrogens with zero attached hydrogens (tertiary/aromatic N) is 2. The summed E-state index contributed by atoms with van der Waals surface area (Å²) in [6, 6.07) is 14.9. The van der Waals surface area contributed by atoms with Gasteiger partial charge in [-0.05, 0) is 43.3 Å². The molecule has 0 fully saturated rings. The second kappa shape index (κ2) is 8.34. The van der Waals surface area contributed by atoms with Crippen molar-refractivity contribution in [2.24, 2.45) is 0 Å². The van der Waals surface area contributed by atoms with Crippen molar-refractivity contribution >= 4 is 11.6 Å². The Kier molecular flexibility index (Phi) is 5.69. The Morgan fingerprint density at radius 2 is 1.82 bits per heavy atom. The Labute approximate surface area is 160 Å². The van der Waals surface area contributed by atoms with Gasteiger partial charge in [-0.15, -0.1) is 5.10 Å². The number of carbonyl (C=O) groups excluding carboxylic acids is 1. The average molecular weight is 383 g/mol. The quantitative estimate of drug-likeness (QED) is 0.708. The van der Waals surface area contributed by atoms with Crippen LogP contribution >= 0.6 is 0 Å². The minimum absolute atomic E-state index is 0.0756. The minimum Gasteiger partial charge on any atom is -0.495 e. The molecule has 1 atom stereocenters. The smallest absolute Gasteiger partial charge is 0.271 e. The maximum Gasteiger partial charge on any atom is 0.271 e. The first kappa shape index (κ1) is 19.1. The van der Waals surface area contributed by atoms with E-state index >= 15 is 0 Å². The van der Waals surface area contributed by atoms with Crippen LogP contribution in [0.5, 0.6) is 11.6 Å². The number of amides is 1. The number of anilines is 1. The van der Waals surface area contributed by atoms with Gasteiger partial charge in [-0.3, -0.25) is 9.59 Å². The Morgan fingerprint density at radius 3 is 2.54 bits per heavy atom. The van der Waals surface area contributed by atoms with Gasteiger partial charge in [0.15, 0.2) is 6.10 Å². The molecule has 0 saturated heterocycles. The lowest BCUT2D eigenvalue weighted by atomic mass is 10.2. The SMILES string of the molecule is COc1ccccc1NC(=O)[C@H](C)Oc1ccc(=O)n(-c2ccc(F)cc2)n1. The van der Waals surface area contributed by atoms with Gasteiger partial charge in [-0.2, -0.15) is 4.68 Å². The number of rotatable bonds is 6. The molecule has 0 spiro atoms. The highest BCUT2D eigenvalue weighted by atomic mass is 19.1. The molecule has 0 aliphatic carbocycles. The number of hydrogen-bond donors (Lipinski definition) is 1. The van der Waals surface area contributed by atoms with E-state index in [1.165, 1.54) is 43.5 Å². The fraction of sp³-hybridized carbons (Fsp3) is 0.150. The molecule has 1 aromatic heterocycles. The summed E-state index contributed by atoms with van der Waals surface area (Å²) in [7, 11) is 1.51. The molecule has 3 rings (SSSR count). The molecule has 1 heterocycles. The largest absolute Gasteiger partial charge is 0.495 e. The van der Waals surface area contributed by atoms with Gasteiger partial charge in [-0.1, -0.05) is 12.1 Å². The first-order valence-corrected chi connectivity index (χ1v) is 8.45. The third-order valence-electron chi connectivity index (χ3n) is 3.88. The van der Waals surface area contributed by atoms with E-state index in [0.717, 1.165) is 4.68 Å². The van der Waals surface area contributed by atoms with Crippen LogP contribution in [0.4, 0.5) is 10.1 Å². The molecule has 8 heteroatoms. The van der Waals surface area contributed by atoms with Gasteiger partial charge in [0, 0.05) is 12.1 Å². The number of hydrogen-bond acceptors (Lipinski definition) is 5. The molecule has 28 heavy (non-hydrogen) atoms. The molecule has 2 aromatic carbocycles. The van der Waals surface area contributed by atoms with E-state index in [9.17, 15) is 14.0 Å². The second-order valence-corrected chi connectivity index (χ2v) is 5.85. The van der Waals surface area contributed by atoms with Gasteiger partial charge >= 0.3 is 0 Å². The van der Waals surface area contributed by atoms with Crippen LogP contribution in [0.1, 0.15) is 6.92 Å². The number of nitrogens with one attached hydrogen (secondary N) is 1. The summed E-state index contributed by atoms with van der Waals surface area (Å²) >= 11 is 0. The van der Waals surface area contributed by atoms with Gasteiger partial charge in [0.25, 0.3) is 11.5 Å². The summed E-state index contributed by atoms with van der Waals surface area (Å²) in [4.78, 5) is 24.5. The first-order chi connectivity index (χ1) is 13.5. The van der Waals surface area contributed by atoms with E-state index < -0.39 is 23.4 Å². The van der Waals surface area contributed by atoms with Gasteiger partial charge in [-0.25, -0.2) is 4.39 Å². The van der Waals surface area contributed by atoms with Crippen molar-refractivity contribution in [2.75, 3.05) is 12.4 Å². The molecule has 1 amide bonds. The molecular weight excluding hydrogens is 365 g/mol. The van der Waals surface area contributed by atoms with Crippen LogP contribution < -0.4 is 20.3 Å². The van der Waals surface area contributed by atoms with Gasteiger partial charge < -0.3 is 14.8 Å². The minimum atomic E-state index is -0.892. The zero-order chi connectivity index (χ0) is 20.1. The summed E-state index contributed by atoms with van der Waals surface area (Å²) in [5.41, 5.74) is 0.475. The highest BCUT2D eigenvalue weighted by Gasteiger charge is 2.18. The summed E-state index contributed by atoms with van der Waals surface area (Å²) in [6.07, 6.45) is -0.892. The standard InChI is InChI=1S/C20H18FN3O4/c1-13(20(26)22-16-5-3-4-6-17(16)27-2)28-18-11-12-19(25)24(23-18)15-9-7-14(21)8-10-15/h3-13H,1-2H3,(H,22,26)/t13-/m0/s1. The highest BCUT2D eigenvalue weighted by molar-refractivity contribution is 5.95. The molecular formula is C20H18FN3O4. The highest BCUT2D eigenvalue weighted by Crippen LogP contribution is 2.23. The van der Waals surface area contributed by atoms with Crippen molar-refractivity contribution in [3.63, 3.8) is 0 Å². The average Bonchev–Trinajstić information content (AvgIpc) is 2.70. The van der Waals surface area contributed by atoms with Crippen LogP contribution in [-0.4, -0.2) is 28.9 Å². The monoisotopic (exact) mass is 383 g/mol. The molecule has 7 nitrogen and oxygen atoms in total. The van der Waals surface area contributed by atoms with Crippen LogP contribution in [0.15, 0.2) is 65.5 Å². The van der Waals surface area contributed by atoms with Crippen molar-refractivity contribution in [3.05, 3.63) is 76.8 Å². The summed E-state index contributed by atoms with van der Waals surface area (Å²) < 4.78 is 24.9. The third-order valence-corrected chi connectivity index (χ3v) is 3.88. The number of carbonyl (C=O) groups is 1. The van der Waals surface area contributed by atoms with E-state index in [1.807, 2.05) is 0 Å². The van der Waals surface area contributed by atoms with Crippen molar-refractivity contribution in [1.29, 1.82) is 0 Å². The Balaban J connectivity index is 1.76. The molecule has 0 bridgehead atoms. The van der Waals surface area contributed by atoms with E-state index in [-0.39, 0.29) is 5.88 Å². The number of halogens is 1. The predicted octanol–water partition coefficient (Wildman–Crippen LogP) is 2.79. The fourth-order valence-corrected chi connectivity index (χ4v) is 2.44. The predicted molar refractivity (Wildman–Crippen MR) is 102 cm³/mol. The second-order valence-electron chi connectivity index (χ2n) is 5.85. The Morgan fingerprint density at radius 1 is 1.11 bits per heavy atom. The van der Waals surface area contributed by atoms with E-state index in [1.54, 1.807) is 31.2 Å². The molecule has 144 valence electrons. The summed E-state index contributed by atoms with van der Waals surface area (Å²) in [6.45, 7) is 1.56. The van der Waals surface area contributed by atoms with Crippen molar-refractivity contribution in [3.8, 4) is 17.3 Å². The zero-order valence-corrected chi connectivity index (χ0v) is 15.3. The van der Waals surface area contributed by atoms with Crippen LogP contribution in [0.25, 0.3) is 5.69 Å². The maximum atomic E-state index is 13.1. The van der Waals surface area contributed by atoms with Crippen molar-refractivity contribution in [2.45, 2.75) is 13.0 Å². The van der Waals surface area contributed by atoms with Crippen molar-refractivity contribution in [1.82, 2.24) is 9.78 Å². The lowest BCUT2D eigenvalue weighted by molar-refractivity contribution is -0.122. The van der Waals surface area contributed by atoms with Crippen LogP contribution in [0.3, 0.4) is 0 Å². The van der Waals surface area contributed by atoms with Gasteiger partial charge in [0.2, 0.25) is 5.88 Å². The zero-order valence-electron chi connectivity index (χ0n) is 15.3. The summed E-state index contributed by atoms with van der Waals surface area (Å²) in [5, 5.41) is 6.81. The molecule has 0 saturated carbocycles. The van der Waals surface area contributed by atoms with E-state index in [2.05, 4.69) is 10.4 Å². The molecule has 1 N–H and O–H groups in total. The normalized spacial score (nSPS) is 11.5. The molecule has 3 aromatic rings. The lowest BCUT2D eigenvalue weighted by Crippen LogP contribution is -2.31. The molecule has 0 aliphatic rings. The van der Waals surface area contributed by atoms with Crippen molar-refractivity contribution < 1.29 is 18.7 Å². The Bertz CT molecular complexity index is 1030. The van der Waals surface area contributed by atoms with Crippen LogP contribution in [-0.2, 0) is 4.79 Å². The maximum absolute atomic E-state index is 13.1. The number of methoxy groups -OCH3 is 1. The lowest BCUT2D eigenvalue weighted by Gasteiger charge is -2.16. The topological polar surface area (TPSA) is 82.5 Å². The van der Waals surface area contributed by atoms with E-state index in [4.69, 9.17) is 9.47 Å². The number of benzene rings is 2. The number of para-hydroxylation sites is 2. The summed E-state index contributed by atoms with van der Waals surface area (Å²) in [5.74, 6) is -0.241. The van der Waals surface area contributed by atoms with Gasteiger partial charge in [0.1, 0.15) is 11.6 Å². The van der Waals surface area contributed by atoms with Gasteiger partial charge in [0.05, 0.1) is 18.5 Å². The Hall–Kier alpha value is -3.68. The van der Waals surface area contributed by atoms with Crippen LogP contribution in [0.2, 0.25) is 0 Å². The van der Waals surface area contributed by atoms with Crippen LogP contribution in [0, 0.1) is 5.82 Å². The molecule has 0 aliphatic heterocycles. The third kappa shape index (κ3) is 4.35.